The zero-order valence-electron chi connectivity index (χ0n) is 12.4. The third-order valence-electron chi connectivity index (χ3n) is 3.54. The Balaban J connectivity index is 2.19. The molecule has 1 unspecified atom stereocenters. The van der Waals surface area contributed by atoms with Crippen LogP contribution in [0.5, 0.6) is 0 Å². The lowest BCUT2D eigenvalue weighted by Crippen LogP contribution is -2.29. The van der Waals surface area contributed by atoms with Crippen molar-refractivity contribution >= 4 is 27.5 Å². The van der Waals surface area contributed by atoms with Gasteiger partial charge >= 0.3 is 0 Å². The summed E-state index contributed by atoms with van der Waals surface area (Å²) in [6, 6.07) is 17.1. The Bertz CT molecular complexity index is 566. The maximum atomic E-state index is 6.01. The molecule has 0 aromatic heterocycles. The van der Waals surface area contributed by atoms with E-state index >= 15 is 0 Å². The smallest absolute Gasteiger partial charge is 0.0406 e. The van der Waals surface area contributed by atoms with Gasteiger partial charge in [-0.05, 0) is 35.7 Å². The Hall–Kier alpha value is -0.830. The Morgan fingerprint density at radius 2 is 1.71 bits per heavy atom. The fourth-order valence-corrected chi connectivity index (χ4v) is 2.92. The van der Waals surface area contributed by atoms with E-state index in [1.807, 2.05) is 12.1 Å². The predicted molar refractivity (Wildman–Crippen MR) is 95.2 cm³/mol. The Labute approximate surface area is 140 Å². The summed E-state index contributed by atoms with van der Waals surface area (Å²) in [6.45, 7) is 5.31. The van der Waals surface area contributed by atoms with Gasteiger partial charge in [-0.1, -0.05) is 71.7 Å². The van der Waals surface area contributed by atoms with Gasteiger partial charge in [0.25, 0.3) is 0 Å². The van der Waals surface area contributed by atoms with Crippen molar-refractivity contribution in [1.29, 1.82) is 0 Å². The van der Waals surface area contributed by atoms with Crippen molar-refractivity contribution in [2.24, 2.45) is 0 Å². The summed E-state index contributed by atoms with van der Waals surface area (Å²) in [5.41, 5.74) is 2.66. The molecule has 2 aromatic carbocycles. The molecule has 1 atom stereocenters. The highest BCUT2D eigenvalue weighted by Crippen LogP contribution is 2.26. The highest BCUT2D eigenvalue weighted by molar-refractivity contribution is 9.10. The predicted octanol–water partition coefficient (Wildman–Crippen LogP) is 5.43. The summed E-state index contributed by atoms with van der Waals surface area (Å²) < 4.78 is 1.17. The molecule has 0 saturated carbocycles. The fraction of sp³-hybridized carbons (Fsp3) is 0.333. The minimum Gasteiger partial charge on any atom is -0.314 e. The van der Waals surface area contributed by atoms with E-state index in [2.05, 4.69) is 71.5 Å². The quantitative estimate of drug-likeness (QED) is 0.719. The maximum Gasteiger partial charge on any atom is 0.0406 e. The van der Waals surface area contributed by atoms with Crippen LogP contribution in [0.2, 0.25) is 5.02 Å². The van der Waals surface area contributed by atoms with Gasteiger partial charge in [0.05, 0.1) is 0 Å². The summed E-state index contributed by atoms with van der Waals surface area (Å²) in [7, 11) is 0. The summed E-state index contributed by atoms with van der Waals surface area (Å²) in [6.07, 6.45) is 1.00. The molecule has 2 aromatic rings. The minimum atomic E-state index is 0.434. The van der Waals surface area contributed by atoms with Gasteiger partial charge in [0.15, 0.2) is 0 Å². The van der Waals surface area contributed by atoms with Crippen LogP contribution in [0.3, 0.4) is 0 Å². The molecule has 1 nitrogen and oxygen atoms in total. The third-order valence-corrected chi connectivity index (χ3v) is 4.56. The fourth-order valence-electron chi connectivity index (χ4n) is 2.35. The molecule has 2 rings (SSSR count). The lowest BCUT2D eigenvalue weighted by molar-refractivity contribution is 0.526. The number of benzene rings is 2. The van der Waals surface area contributed by atoms with Crippen molar-refractivity contribution in [3.8, 4) is 0 Å². The lowest BCUT2D eigenvalue weighted by atomic mass is 9.91. The van der Waals surface area contributed by atoms with Crippen LogP contribution in [0.1, 0.15) is 30.9 Å². The Morgan fingerprint density at radius 1 is 1.05 bits per heavy atom. The van der Waals surface area contributed by atoms with Crippen molar-refractivity contribution in [2.75, 3.05) is 6.54 Å². The highest BCUT2D eigenvalue weighted by atomic mass is 79.9. The average molecular weight is 367 g/mol. The van der Waals surface area contributed by atoms with Crippen molar-refractivity contribution in [3.63, 3.8) is 0 Å². The zero-order valence-corrected chi connectivity index (χ0v) is 14.8. The maximum absolute atomic E-state index is 6.01. The molecule has 0 radical (unpaired) electrons. The summed E-state index contributed by atoms with van der Waals surface area (Å²) in [4.78, 5) is 0. The summed E-state index contributed by atoms with van der Waals surface area (Å²) in [5, 5.41) is 4.34. The summed E-state index contributed by atoms with van der Waals surface area (Å²) in [5.74, 6) is 0.434. The first kappa shape index (κ1) is 16.5. The normalized spacial score (nSPS) is 12.6. The van der Waals surface area contributed by atoms with E-state index in [0.717, 1.165) is 18.0 Å². The second kappa shape index (κ2) is 7.98. The third kappa shape index (κ3) is 5.14. The minimum absolute atomic E-state index is 0.434. The van der Waals surface area contributed by atoms with Crippen LogP contribution < -0.4 is 5.32 Å². The molecule has 0 saturated heterocycles. The molecule has 0 aliphatic heterocycles. The number of hydrogen-bond donors (Lipinski definition) is 1. The van der Waals surface area contributed by atoms with Crippen LogP contribution >= 0.6 is 27.5 Å². The molecule has 112 valence electrons. The summed E-state index contributed by atoms with van der Waals surface area (Å²) >= 11 is 9.65. The van der Waals surface area contributed by atoms with E-state index < -0.39 is 0 Å². The monoisotopic (exact) mass is 365 g/mol. The van der Waals surface area contributed by atoms with Gasteiger partial charge in [-0.2, -0.15) is 0 Å². The molecule has 0 amide bonds. The van der Waals surface area contributed by atoms with Crippen LogP contribution in [0.25, 0.3) is 0 Å². The first-order chi connectivity index (χ1) is 10.1. The van der Waals surface area contributed by atoms with Gasteiger partial charge in [0.1, 0.15) is 0 Å². The van der Waals surface area contributed by atoms with Gasteiger partial charge in [-0.25, -0.2) is 0 Å². The van der Waals surface area contributed by atoms with Crippen LogP contribution in [-0.4, -0.2) is 12.6 Å². The van der Waals surface area contributed by atoms with E-state index in [1.54, 1.807) is 0 Å². The standard InChI is InChI=1S/C18H21BrClN/c1-13(2)21-12-16(14-7-9-17(20)10-8-14)11-15-5-3-4-6-18(15)19/h3-10,13,16,21H,11-12H2,1-2H3. The Morgan fingerprint density at radius 3 is 2.33 bits per heavy atom. The number of rotatable bonds is 6. The van der Waals surface area contributed by atoms with Gasteiger partial charge in [-0.15, -0.1) is 0 Å². The molecule has 21 heavy (non-hydrogen) atoms. The van der Waals surface area contributed by atoms with Crippen molar-refractivity contribution in [1.82, 2.24) is 5.32 Å². The van der Waals surface area contributed by atoms with Crippen molar-refractivity contribution in [2.45, 2.75) is 32.2 Å². The van der Waals surface area contributed by atoms with E-state index in [0.29, 0.717) is 12.0 Å². The molecule has 0 heterocycles. The van der Waals surface area contributed by atoms with Crippen molar-refractivity contribution in [3.05, 3.63) is 69.2 Å². The molecule has 0 aliphatic rings. The first-order valence-electron chi connectivity index (χ1n) is 7.28. The van der Waals surface area contributed by atoms with Gasteiger partial charge in [0, 0.05) is 28.0 Å². The molecular weight excluding hydrogens is 346 g/mol. The van der Waals surface area contributed by atoms with Crippen LogP contribution in [-0.2, 0) is 6.42 Å². The second-order valence-corrected chi connectivity index (χ2v) is 6.90. The van der Waals surface area contributed by atoms with Crippen LogP contribution in [0.4, 0.5) is 0 Å². The van der Waals surface area contributed by atoms with Crippen LogP contribution in [0, 0.1) is 0 Å². The molecule has 1 N–H and O–H groups in total. The largest absolute Gasteiger partial charge is 0.314 e. The Kier molecular flexibility index (Phi) is 6.28. The second-order valence-electron chi connectivity index (χ2n) is 5.61. The van der Waals surface area contributed by atoms with E-state index in [1.165, 1.54) is 15.6 Å². The van der Waals surface area contributed by atoms with Crippen LogP contribution in [0.15, 0.2) is 53.0 Å². The average Bonchev–Trinajstić information content (AvgIpc) is 2.46. The lowest BCUT2D eigenvalue weighted by Gasteiger charge is -2.20. The SMILES string of the molecule is CC(C)NCC(Cc1ccccc1Br)c1ccc(Cl)cc1. The molecular formula is C18H21BrClN. The first-order valence-corrected chi connectivity index (χ1v) is 8.45. The molecule has 0 bridgehead atoms. The van der Waals surface area contributed by atoms with Gasteiger partial charge in [0.2, 0.25) is 0 Å². The zero-order chi connectivity index (χ0) is 15.2. The van der Waals surface area contributed by atoms with Gasteiger partial charge in [-0.3, -0.25) is 0 Å². The molecule has 0 fully saturated rings. The van der Waals surface area contributed by atoms with E-state index in [4.69, 9.17) is 11.6 Å². The topological polar surface area (TPSA) is 12.0 Å². The molecule has 3 heteroatoms. The number of nitrogens with one attached hydrogen (secondary N) is 1. The van der Waals surface area contributed by atoms with Gasteiger partial charge < -0.3 is 5.32 Å². The number of hydrogen-bond acceptors (Lipinski definition) is 1. The van der Waals surface area contributed by atoms with Crippen molar-refractivity contribution < 1.29 is 0 Å². The number of halogens is 2. The molecule has 0 spiro atoms. The van der Waals surface area contributed by atoms with E-state index in [-0.39, 0.29) is 0 Å². The molecule has 0 aliphatic carbocycles. The van der Waals surface area contributed by atoms with E-state index in [9.17, 15) is 0 Å². The highest BCUT2D eigenvalue weighted by Gasteiger charge is 2.14.